The maximum absolute atomic E-state index is 13.0. The molecule has 7 heteroatoms. The van der Waals surface area contributed by atoms with Crippen LogP contribution in [0.2, 0.25) is 0 Å². The van der Waals surface area contributed by atoms with E-state index in [-0.39, 0.29) is 5.91 Å². The van der Waals surface area contributed by atoms with Crippen LogP contribution in [-0.2, 0) is 19.6 Å². The average molecular weight is 355 g/mol. The largest absolute Gasteiger partial charge is 0.497 e. The Morgan fingerprint density at radius 2 is 2.12 bits per heavy atom. The highest BCUT2D eigenvalue weighted by atomic mass is 16.5. The van der Waals surface area contributed by atoms with Gasteiger partial charge in [-0.25, -0.2) is 0 Å². The van der Waals surface area contributed by atoms with Crippen LogP contribution in [0.1, 0.15) is 42.1 Å². The lowest BCUT2D eigenvalue weighted by Gasteiger charge is -2.08. The summed E-state index contributed by atoms with van der Waals surface area (Å²) in [5.74, 6) is 1.38. The maximum atomic E-state index is 13.0. The second-order valence-electron chi connectivity index (χ2n) is 6.21. The summed E-state index contributed by atoms with van der Waals surface area (Å²) >= 11 is 0. The van der Waals surface area contributed by atoms with Crippen LogP contribution in [0.5, 0.6) is 5.75 Å². The molecule has 26 heavy (non-hydrogen) atoms. The van der Waals surface area contributed by atoms with E-state index >= 15 is 0 Å². The third kappa shape index (κ3) is 3.16. The SMILES string of the molecule is CCCn1c(C)c(C(=O)NCc2nncn2CC)c2cc(OC)ccc21. The van der Waals surface area contributed by atoms with E-state index in [1.165, 1.54) is 0 Å². The number of carbonyl (C=O) groups excluding carboxylic acids is 1. The van der Waals surface area contributed by atoms with Crippen LogP contribution in [0.3, 0.4) is 0 Å². The zero-order valence-corrected chi connectivity index (χ0v) is 15.7. The number of methoxy groups -OCH3 is 1. The van der Waals surface area contributed by atoms with Gasteiger partial charge in [-0.1, -0.05) is 6.92 Å². The molecule has 0 fully saturated rings. The summed E-state index contributed by atoms with van der Waals surface area (Å²) in [7, 11) is 1.63. The van der Waals surface area contributed by atoms with Gasteiger partial charge in [0.05, 0.1) is 19.2 Å². The molecule has 0 aliphatic carbocycles. The Hall–Kier alpha value is -2.83. The topological polar surface area (TPSA) is 74.0 Å². The number of carbonyl (C=O) groups is 1. The molecule has 0 saturated carbocycles. The lowest BCUT2D eigenvalue weighted by atomic mass is 10.1. The van der Waals surface area contributed by atoms with Crippen molar-refractivity contribution in [3.8, 4) is 5.75 Å². The highest BCUT2D eigenvalue weighted by molar-refractivity contribution is 6.08. The van der Waals surface area contributed by atoms with E-state index in [1.807, 2.05) is 36.6 Å². The summed E-state index contributed by atoms with van der Waals surface area (Å²) in [4.78, 5) is 13.0. The van der Waals surface area contributed by atoms with Crippen LogP contribution >= 0.6 is 0 Å². The molecule has 3 aromatic rings. The molecule has 2 aromatic heterocycles. The van der Waals surface area contributed by atoms with Crippen molar-refractivity contribution in [1.82, 2.24) is 24.6 Å². The van der Waals surface area contributed by atoms with E-state index < -0.39 is 0 Å². The van der Waals surface area contributed by atoms with Gasteiger partial charge >= 0.3 is 0 Å². The molecule has 7 nitrogen and oxygen atoms in total. The van der Waals surface area contributed by atoms with Crippen LogP contribution < -0.4 is 10.1 Å². The molecule has 0 atom stereocenters. The molecule has 3 rings (SSSR count). The fourth-order valence-electron chi connectivity index (χ4n) is 3.31. The van der Waals surface area contributed by atoms with E-state index in [0.29, 0.717) is 12.1 Å². The number of hydrogen-bond donors (Lipinski definition) is 1. The van der Waals surface area contributed by atoms with Gasteiger partial charge < -0.3 is 19.2 Å². The van der Waals surface area contributed by atoms with Crippen LogP contribution in [-0.4, -0.2) is 32.3 Å². The van der Waals surface area contributed by atoms with Gasteiger partial charge in [0.2, 0.25) is 0 Å². The molecule has 1 aromatic carbocycles. The fraction of sp³-hybridized carbons (Fsp3) is 0.421. The molecular formula is C19H25N5O2. The van der Waals surface area contributed by atoms with Crippen LogP contribution in [0, 0.1) is 6.92 Å². The normalized spacial score (nSPS) is 11.1. The molecule has 2 heterocycles. The Kier molecular flexibility index (Phi) is 5.25. The van der Waals surface area contributed by atoms with E-state index in [1.54, 1.807) is 13.4 Å². The van der Waals surface area contributed by atoms with Crippen molar-refractivity contribution in [3.63, 3.8) is 0 Å². The number of hydrogen-bond acceptors (Lipinski definition) is 4. The third-order valence-corrected chi connectivity index (χ3v) is 4.65. The monoisotopic (exact) mass is 355 g/mol. The van der Waals surface area contributed by atoms with E-state index in [9.17, 15) is 4.79 Å². The Bertz CT molecular complexity index is 926. The predicted octanol–water partition coefficient (Wildman–Crippen LogP) is 2.91. The van der Waals surface area contributed by atoms with Crippen molar-refractivity contribution in [2.75, 3.05) is 7.11 Å². The number of fused-ring (bicyclic) bond motifs is 1. The van der Waals surface area contributed by atoms with Crippen LogP contribution in [0.4, 0.5) is 0 Å². The van der Waals surface area contributed by atoms with Gasteiger partial charge in [0.25, 0.3) is 5.91 Å². The van der Waals surface area contributed by atoms with Crippen molar-refractivity contribution in [1.29, 1.82) is 0 Å². The molecule has 0 bridgehead atoms. The first-order chi connectivity index (χ1) is 12.6. The number of ether oxygens (including phenoxy) is 1. The second kappa shape index (κ2) is 7.59. The standard InChI is InChI=1S/C19H25N5O2/c1-5-9-24-13(3)18(15-10-14(26-4)7-8-16(15)24)19(25)20-11-17-22-21-12-23(17)6-2/h7-8,10,12H,5-6,9,11H2,1-4H3,(H,20,25). The smallest absolute Gasteiger partial charge is 0.254 e. The molecule has 0 radical (unpaired) electrons. The Morgan fingerprint density at radius 3 is 2.81 bits per heavy atom. The van der Waals surface area contributed by atoms with Gasteiger partial charge in [-0.3, -0.25) is 4.79 Å². The molecule has 138 valence electrons. The van der Waals surface area contributed by atoms with Gasteiger partial charge in [-0.2, -0.15) is 0 Å². The highest BCUT2D eigenvalue weighted by Crippen LogP contribution is 2.29. The lowest BCUT2D eigenvalue weighted by molar-refractivity contribution is 0.0950. The van der Waals surface area contributed by atoms with Gasteiger partial charge in [0.1, 0.15) is 12.1 Å². The predicted molar refractivity (Wildman–Crippen MR) is 100 cm³/mol. The molecule has 0 unspecified atom stereocenters. The number of benzene rings is 1. The van der Waals surface area contributed by atoms with Crippen molar-refractivity contribution in [3.05, 3.63) is 41.6 Å². The first-order valence-electron chi connectivity index (χ1n) is 8.92. The minimum atomic E-state index is -0.110. The fourth-order valence-corrected chi connectivity index (χ4v) is 3.31. The minimum absolute atomic E-state index is 0.110. The summed E-state index contributed by atoms with van der Waals surface area (Å²) in [5, 5.41) is 11.9. The average Bonchev–Trinajstić information content (AvgIpc) is 3.22. The second-order valence-corrected chi connectivity index (χ2v) is 6.21. The zero-order valence-electron chi connectivity index (χ0n) is 15.7. The highest BCUT2D eigenvalue weighted by Gasteiger charge is 2.20. The number of amides is 1. The lowest BCUT2D eigenvalue weighted by Crippen LogP contribution is -2.25. The molecule has 0 aliphatic heterocycles. The summed E-state index contributed by atoms with van der Waals surface area (Å²) in [6.07, 6.45) is 2.67. The summed E-state index contributed by atoms with van der Waals surface area (Å²) in [6, 6.07) is 5.87. The van der Waals surface area contributed by atoms with E-state index in [2.05, 4.69) is 27.0 Å². The molecule has 0 aliphatic rings. The summed E-state index contributed by atoms with van der Waals surface area (Å²) in [5.41, 5.74) is 2.70. The first kappa shape index (κ1) is 18.0. The Balaban J connectivity index is 1.97. The third-order valence-electron chi connectivity index (χ3n) is 4.65. The molecule has 1 N–H and O–H groups in total. The molecule has 1 amide bonds. The van der Waals surface area contributed by atoms with E-state index in [4.69, 9.17) is 4.74 Å². The summed E-state index contributed by atoms with van der Waals surface area (Å²) < 4.78 is 9.46. The Morgan fingerprint density at radius 1 is 1.31 bits per heavy atom. The van der Waals surface area contributed by atoms with Crippen molar-refractivity contribution in [2.45, 2.75) is 46.8 Å². The van der Waals surface area contributed by atoms with Gasteiger partial charge in [0.15, 0.2) is 5.82 Å². The van der Waals surface area contributed by atoms with Crippen LogP contribution in [0.15, 0.2) is 24.5 Å². The van der Waals surface area contributed by atoms with Gasteiger partial charge in [0, 0.05) is 29.7 Å². The van der Waals surface area contributed by atoms with Crippen LogP contribution in [0.25, 0.3) is 10.9 Å². The summed E-state index contributed by atoms with van der Waals surface area (Å²) in [6.45, 7) is 8.12. The van der Waals surface area contributed by atoms with Gasteiger partial charge in [-0.05, 0) is 38.5 Å². The molecule has 0 saturated heterocycles. The number of aryl methyl sites for hydroxylation is 2. The van der Waals surface area contributed by atoms with Gasteiger partial charge in [-0.15, -0.1) is 10.2 Å². The molecule has 0 spiro atoms. The first-order valence-corrected chi connectivity index (χ1v) is 8.92. The number of nitrogens with zero attached hydrogens (tertiary/aromatic N) is 4. The molecular weight excluding hydrogens is 330 g/mol. The maximum Gasteiger partial charge on any atom is 0.254 e. The number of nitrogens with one attached hydrogen (secondary N) is 1. The quantitative estimate of drug-likeness (QED) is 0.707. The van der Waals surface area contributed by atoms with E-state index in [0.717, 1.165) is 47.7 Å². The van der Waals surface area contributed by atoms with Crippen molar-refractivity contribution >= 4 is 16.8 Å². The van der Waals surface area contributed by atoms with Crippen molar-refractivity contribution < 1.29 is 9.53 Å². The number of rotatable bonds is 7. The number of aromatic nitrogens is 4. The Labute approximate surface area is 153 Å². The zero-order chi connectivity index (χ0) is 18.7. The van der Waals surface area contributed by atoms with Crippen molar-refractivity contribution in [2.24, 2.45) is 0 Å². The minimum Gasteiger partial charge on any atom is -0.497 e.